The van der Waals surface area contributed by atoms with Gasteiger partial charge >= 0.3 is 0 Å². The molecule has 1 aromatic rings. The first-order valence-corrected chi connectivity index (χ1v) is 5.59. The third-order valence-corrected chi connectivity index (χ3v) is 2.02. The fourth-order valence-corrected chi connectivity index (χ4v) is 1.00. The van der Waals surface area contributed by atoms with E-state index < -0.39 is 0 Å². The van der Waals surface area contributed by atoms with E-state index in [1.165, 1.54) is 11.1 Å². The molecule has 1 nitrogen and oxygen atoms in total. The summed E-state index contributed by atoms with van der Waals surface area (Å²) in [7, 11) is 0. The predicted molar refractivity (Wildman–Crippen MR) is 82.4 cm³/mol. The number of benzene rings is 1. The summed E-state index contributed by atoms with van der Waals surface area (Å²) in [5, 5.41) is 0. The van der Waals surface area contributed by atoms with E-state index in [0.29, 0.717) is 0 Å². The van der Waals surface area contributed by atoms with Crippen LogP contribution >= 0.6 is 24.0 Å². The minimum absolute atomic E-state index is 0. The Morgan fingerprint density at radius 2 is 1.50 bits per heavy atom. The average molecular weight is 334 g/mol. The number of aryl methyl sites for hydroxylation is 2. The van der Waals surface area contributed by atoms with Crippen LogP contribution in [-0.2, 0) is 4.74 Å². The Morgan fingerprint density at radius 3 is 1.69 bits per heavy atom. The minimum Gasteiger partial charge on any atom is -0.501 e. The number of hydrogen-bond acceptors (Lipinski definition) is 1. The Hall–Kier alpha value is -0.510. The molecule has 1 heterocycles. The van der Waals surface area contributed by atoms with E-state index in [-0.39, 0.29) is 24.0 Å². The number of rotatable bonds is 0. The Kier molecular flexibility index (Phi) is 14.0. The highest BCUT2D eigenvalue weighted by atomic mass is 127. The molecule has 0 aromatic heterocycles. The Morgan fingerprint density at radius 1 is 1.00 bits per heavy atom. The molecule has 0 unspecified atom stereocenters. The SMILES string of the molecule is C1=COCC1.CC.Cc1ccccc1C.I. The van der Waals surface area contributed by atoms with Gasteiger partial charge in [-0.15, -0.1) is 24.0 Å². The van der Waals surface area contributed by atoms with Crippen LogP contribution in [0.2, 0.25) is 0 Å². The van der Waals surface area contributed by atoms with E-state index >= 15 is 0 Å². The van der Waals surface area contributed by atoms with Crippen molar-refractivity contribution >= 4 is 24.0 Å². The van der Waals surface area contributed by atoms with Crippen LogP contribution < -0.4 is 0 Å². The molecule has 0 fully saturated rings. The molecule has 1 aromatic carbocycles. The maximum Gasteiger partial charge on any atom is 0.0908 e. The molecule has 0 bridgehead atoms. The van der Waals surface area contributed by atoms with Crippen LogP contribution in [0.1, 0.15) is 31.4 Å². The first-order valence-electron chi connectivity index (χ1n) is 5.59. The van der Waals surface area contributed by atoms with Crippen molar-refractivity contribution in [3.05, 3.63) is 47.7 Å². The lowest BCUT2D eigenvalue weighted by Crippen LogP contribution is -1.74. The molecule has 0 saturated carbocycles. The van der Waals surface area contributed by atoms with Gasteiger partial charge in [-0.2, -0.15) is 0 Å². The van der Waals surface area contributed by atoms with Crippen LogP contribution in [0.4, 0.5) is 0 Å². The first-order chi connectivity index (χ1) is 7.30. The maximum atomic E-state index is 4.76. The fourth-order valence-electron chi connectivity index (χ4n) is 1.00. The predicted octanol–water partition coefficient (Wildman–Crippen LogP) is 4.87. The third-order valence-electron chi connectivity index (χ3n) is 2.02. The minimum atomic E-state index is 0. The second kappa shape index (κ2) is 12.6. The molecule has 0 radical (unpaired) electrons. The van der Waals surface area contributed by atoms with Crippen molar-refractivity contribution in [2.75, 3.05) is 6.61 Å². The van der Waals surface area contributed by atoms with E-state index in [2.05, 4.69) is 38.1 Å². The molecule has 0 N–H and O–H groups in total. The number of halogens is 1. The quantitative estimate of drug-likeness (QED) is 0.615. The van der Waals surface area contributed by atoms with E-state index in [1.54, 1.807) is 6.26 Å². The second-order valence-electron chi connectivity index (χ2n) is 3.12. The van der Waals surface area contributed by atoms with Crippen molar-refractivity contribution in [1.29, 1.82) is 0 Å². The third kappa shape index (κ3) is 8.77. The van der Waals surface area contributed by atoms with Crippen LogP contribution in [0.3, 0.4) is 0 Å². The van der Waals surface area contributed by atoms with Gasteiger partial charge in [0, 0.05) is 6.42 Å². The topological polar surface area (TPSA) is 9.23 Å². The molecule has 0 aliphatic carbocycles. The molecule has 0 amide bonds. The van der Waals surface area contributed by atoms with Crippen LogP contribution in [-0.4, -0.2) is 6.61 Å². The van der Waals surface area contributed by atoms with Gasteiger partial charge in [0.2, 0.25) is 0 Å². The summed E-state index contributed by atoms with van der Waals surface area (Å²) in [5.41, 5.74) is 2.74. The van der Waals surface area contributed by atoms with Gasteiger partial charge in [-0.05, 0) is 31.1 Å². The zero-order chi connectivity index (χ0) is 11.5. The first kappa shape index (κ1) is 17.9. The summed E-state index contributed by atoms with van der Waals surface area (Å²) in [6, 6.07) is 8.36. The molecule has 16 heavy (non-hydrogen) atoms. The van der Waals surface area contributed by atoms with Crippen LogP contribution in [0.25, 0.3) is 0 Å². The van der Waals surface area contributed by atoms with E-state index in [9.17, 15) is 0 Å². The van der Waals surface area contributed by atoms with Crippen LogP contribution in [0, 0.1) is 13.8 Å². The summed E-state index contributed by atoms with van der Waals surface area (Å²) in [5.74, 6) is 0. The molecular formula is C14H23IO. The molecule has 92 valence electrons. The van der Waals surface area contributed by atoms with Crippen molar-refractivity contribution in [2.45, 2.75) is 34.1 Å². The molecule has 1 aliphatic heterocycles. The summed E-state index contributed by atoms with van der Waals surface area (Å²) < 4.78 is 4.76. The van der Waals surface area contributed by atoms with Crippen LogP contribution in [0.15, 0.2) is 36.6 Å². The van der Waals surface area contributed by atoms with E-state index in [1.807, 2.05) is 19.9 Å². The summed E-state index contributed by atoms with van der Waals surface area (Å²) in [4.78, 5) is 0. The van der Waals surface area contributed by atoms with E-state index in [4.69, 9.17) is 4.74 Å². The van der Waals surface area contributed by atoms with Crippen molar-refractivity contribution in [3.8, 4) is 0 Å². The lowest BCUT2D eigenvalue weighted by atomic mass is 10.1. The molecule has 0 spiro atoms. The lowest BCUT2D eigenvalue weighted by Gasteiger charge is -1.93. The highest BCUT2D eigenvalue weighted by Crippen LogP contribution is 2.02. The largest absolute Gasteiger partial charge is 0.501 e. The van der Waals surface area contributed by atoms with Crippen LogP contribution in [0.5, 0.6) is 0 Å². The fraction of sp³-hybridized carbons (Fsp3) is 0.429. The summed E-state index contributed by atoms with van der Waals surface area (Å²) >= 11 is 0. The van der Waals surface area contributed by atoms with E-state index in [0.717, 1.165) is 13.0 Å². The molecular weight excluding hydrogens is 311 g/mol. The van der Waals surface area contributed by atoms with Gasteiger partial charge in [-0.25, -0.2) is 0 Å². The molecule has 2 rings (SSSR count). The lowest BCUT2D eigenvalue weighted by molar-refractivity contribution is 0.281. The van der Waals surface area contributed by atoms with Gasteiger partial charge in [-0.1, -0.05) is 38.1 Å². The monoisotopic (exact) mass is 334 g/mol. The normalized spacial score (nSPS) is 11.0. The van der Waals surface area contributed by atoms with Crippen molar-refractivity contribution in [3.63, 3.8) is 0 Å². The van der Waals surface area contributed by atoms with Crippen molar-refractivity contribution in [1.82, 2.24) is 0 Å². The van der Waals surface area contributed by atoms with Gasteiger partial charge in [0.25, 0.3) is 0 Å². The zero-order valence-corrected chi connectivity index (χ0v) is 13.0. The number of hydrogen-bond donors (Lipinski definition) is 0. The standard InChI is InChI=1S/C8H10.C4H6O.C2H6.HI/c1-7-5-3-4-6-8(7)2;1-2-4-5-3-1;1-2;/h3-6H,1-2H3;1,3H,2,4H2;1-2H3;1H. The maximum absolute atomic E-state index is 4.76. The summed E-state index contributed by atoms with van der Waals surface area (Å²) in [6.45, 7) is 9.13. The zero-order valence-electron chi connectivity index (χ0n) is 10.7. The summed E-state index contributed by atoms with van der Waals surface area (Å²) in [6.07, 6.45) is 4.85. The number of ether oxygens (including phenoxy) is 1. The molecule has 0 saturated heterocycles. The van der Waals surface area contributed by atoms with Gasteiger partial charge in [-0.3, -0.25) is 0 Å². The highest BCUT2D eigenvalue weighted by molar-refractivity contribution is 14.0. The van der Waals surface area contributed by atoms with Gasteiger partial charge in [0.05, 0.1) is 12.9 Å². The molecule has 1 aliphatic rings. The molecule has 2 heteroatoms. The van der Waals surface area contributed by atoms with Crippen molar-refractivity contribution < 1.29 is 4.74 Å². The highest BCUT2D eigenvalue weighted by Gasteiger charge is 1.84. The Bertz CT molecular complexity index is 255. The Labute approximate surface area is 117 Å². The smallest absolute Gasteiger partial charge is 0.0908 e. The average Bonchev–Trinajstić information content (AvgIpc) is 2.84. The van der Waals surface area contributed by atoms with Crippen molar-refractivity contribution in [2.24, 2.45) is 0 Å². The molecule has 0 atom stereocenters. The van der Waals surface area contributed by atoms with Gasteiger partial charge in [0.15, 0.2) is 0 Å². The van der Waals surface area contributed by atoms with Gasteiger partial charge < -0.3 is 4.74 Å². The second-order valence-corrected chi connectivity index (χ2v) is 3.12. The van der Waals surface area contributed by atoms with Gasteiger partial charge in [0.1, 0.15) is 0 Å². The Balaban J connectivity index is 0.